The summed E-state index contributed by atoms with van der Waals surface area (Å²) in [4.78, 5) is 18.1. The molecule has 1 atom stereocenters. The summed E-state index contributed by atoms with van der Waals surface area (Å²) >= 11 is 12.0. The summed E-state index contributed by atoms with van der Waals surface area (Å²) in [7, 11) is 1.48. The van der Waals surface area contributed by atoms with Crippen molar-refractivity contribution >= 4 is 40.5 Å². The van der Waals surface area contributed by atoms with Gasteiger partial charge in [-0.2, -0.15) is 13.2 Å². The van der Waals surface area contributed by atoms with Crippen molar-refractivity contribution in [3.8, 4) is 5.75 Å². The molecule has 10 heteroatoms. The van der Waals surface area contributed by atoms with Gasteiger partial charge in [0, 0.05) is 26.9 Å². The van der Waals surface area contributed by atoms with Crippen LogP contribution in [-0.4, -0.2) is 19.2 Å². The van der Waals surface area contributed by atoms with Gasteiger partial charge in [0.2, 0.25) is 0 Å². The Balaban J connectivity index is 1.74. The maximum atomic E-state index is 14.2. The lowest BCUT2D eigenvalue weighted by molar-refractivity contribution is -0.107. The second-order valence-electron chi connectivity index (χ2n) is 7.75. The Morgan fingerprint density at radius 1 is 1.06 bits per heavy atom. The van der Waals surface area contributed by atoms with E-state index in [-0.39, 0.29) is 26.9 Å². The van der Waals surface area contributed by atoms with Gasteiger partial charge in [0.1, 0.15) is 11.9 Å². The zero-order chi connectivity index (χ0) is 25.3. The van der Waals surface area contributed by atoms with Crippen molar-refractivity contribution in [3.63, 3.8) is 0 Å². The van der Waals surface area contributed by atoms with Crippen LogP contribution in [0, 0.1) is 6.92 Å². The predicted octanol–water partition coefficient (Wildman–Crippen LogP) is 7.11. The fourth-order valence-corrected chi connectivity index (χ4v) is 4.36. The van der Waals surface area contributed by atoms with Crippen LogP contribution in [0.15, 0.2) is 66.2 Å². The number of nitrogens with one attached hydrogen (secondary N) is 2. The molecule has 0 saturated carbocycles. The zero-order valence-electron chi connectivity index (χ0n) is 18.5. The number of alkyl halides is 3. The number of methoxy groups -OCH3 is 1. The van der Waals surface area contributed by atoms with Gasteiger partial charge in [-0.25, -0.2) is 0 Å². The number of anilines is 1. The fraction of sp³-hybridized carbons (Fsp3) is 0.160. The lowest BCUT2D eigenvalue weighted by atomic mass is 9.95. The molecule has 2 N–H and O–H groups in total. The van der Waals surface area contributed by atoms with E-state index in [9.17, 15) is 18.0 Å². The normalized spacial score (nSPS) is 15.7. The third-order valence-electron chi connectivity index (χ3n) is 5.49. The van der Waals surface area contributed by atoms with Crippen LogP contribution >= 0.6 is 23.2 Å². The molecule has 0 aliphatic carbocycles. The van der Waals surface area contributed by atoms with Crippen molar-refractivity contribution in [1.29, 1.82) is 0 Å². The zero-order valence-corrected chi connectivity index (χ0v) is 20.0. The number of hydroxylamine groups is 1. The third-order valence-corrected chi connectivity index (χ3v) is 5.92. The van der Waals surface area contributed by atoms with Gasteiger partial charge in [0.05, 0.1) is 18.4 Å². The number of ether oxygens (including phenoxy) is 1. The summed E-state index contributed by atoms with van der Waals surface area (Å²) in [5.74, 6) is 0.0683. The molecule has 1 amide bonds. The molecule has 1 aliphatic heterocycles. The number of halogens is 5. The van der Waals surface area contributed by atoms with Crippen LogP contribution in [0.4, 0.5) is 18.9 Å². The molecule has 3 aromatic carbocycles. The van der Waals surface area contributed by atoms with E-state index in [0.717, 1.165) is 0 Å². The summed E-state index contributed by atoms with van der Waals surface area (Å²) in [5, 5.41) is 3.12. The molecule has 1 unspecified atom stereocenters. The van der Waals surface area contributed by atoms with E-state index in [1.807, 2.05) is 0 Å². The maximum Gasteiger partial charge on any atom is 0.417 e. The molecule has 0 saturated heterocycles. The van der Waals surface area contributed by atoms with Crippen molar-refractivity contribution in [1.82, 2.24) is 5.48 Å². The molecule has 4 rings (SSSR count). The summed E-state index contributed by atoms with van der Waals surface area (Å²) < 4.78 is 47.9. The monoisotopic (exact) mass is 522 g/mol. The Kier molecular flexibility index (Phi) is 6.98. The maximum absolute atomic E-state index is 14.2. The Bertz CT molecular complexity index is 1310. The first-order valence-electron chi connectivity index (χ1n) is 10.3. The van der Waals surface area contributed by atoms with E-state index in [4.69, 9.17) is 32.8 Å². The van der Waals surface area contributed by atoms with Gasteiger partial charge in [-0.15, -0.1) is 0 Å². The van der Waals surface area contributed by atoms with Crippen molar-refractivity contribution in [2.75, 3.05) is 12.4 Å². The number of amides is 1. The highest BCUT2D eigenvalue weighted by atomic mass is 35.5. The largest absolute Gasteiger partial charge is 0.497 e. The average Bonchev–Trinajstić information content (AvgIpc) is 3.25. The number of hydrogen-bond acceptors (Lipinski definition) is 4. The van der Waals surface area contributed by atoms with Crippen LogP contribution in [-0.2, 0) is 4.84 Å². The molecule has 0 spiro atoms. The third kappa shape index (κ3) is 5.24. The van der Waals surface area contributed by atoms with E-state index in [1.54, 1.807) is 43.3 Å². The van der Waals surface area contributed by atoms with Crippen molar-refractivity contribution < 1.29 is 27.5 Å². The molecule has 35 heavy (non-hydrogen) atoms. The Morgan fingerprint density at radius 3 is 2.40 bits per heavy atom. The Labute approximate surface area is 209 Å². The van der Waals surface area contributed by atoms with Gasteiger partial charge in [-0.3, -0.25) is 15.1 Å². The quantitative estimate of drug-likeness (QED) is 0.374. The second-order valence-corrected chi connectivity index (χ2v) is 8.63. The lowest BCUT2D eigenvalue weighted by Gasteiger charge is -2.17. The molecule has 182 valence electrons. The highest BCUT2D eigenvalue weighted by Gasteiger charge is 2.47. The highest BCUT2D eigenvalue weighted by Crippen LogP contribution is 2.46. The second kappa shape index (κ2) is 9.81. The van der Waals surface area contributed by atoms with Gasteiger partial charge in [0.25, 0.3) is 5.91 Å². The van der Waals surface area contributed by atoms with E-state index in [2.05, 4.69) is 10.8 Å². The van der Waals surface area contributed by atoms with E-state index >= 15 is 0 Å². The molecule has 0 aromatic heterocycles. The van der Waals surface area contributed by atoms with E-state index in [0.29, 0.717) is 22.6 Å². The fourth-order valence-electron chi connectivity index (χ4n) is 3.82. The Morgan fingerprint density at radius 2 is 1.74 bits per heavy atom. The van der Waals surface area contributed by atoms with Crippen LogP contribution in [0.5, 0.6) is 5.75 Å². The molecule has 1 aliphatic rings. The summed E-state index contributed by atoms with van der Waals surface area (Å²) in [6.45, 7) is 1.61. The number of rotatable bonds is 5. The van der Waals surface area contributed by atoms with Gasteiger partial charge in [-0.1, -0.05) is 41.4 Å². The topological polar surface area (TPSA) is 59.6 Å². The number of carbonyl (C=O) groups excluding carboxylic acids is 1. The minimum Gasteiger partial charge on any atom is -0.497 e. The lowest BCUT2D eigenvalue weighted by Crippen LogP contribution is -2.18. The van der Waals surface area contributed by atoms with Crippen molar-refractivity contribution in [2.24, 2.45) is 0 Å². The number of carbonyl (C=O) groups is 1. The number of benzene rings is 3. The minimum atomic E-state index is -4.73. The molecule has 0 fully saturated rings. The molecule has 5 nitrogen and oxygen atoms in total. The van der Waals surface area contributed by atoms with Gasteiger partial charge >= 0.3 is 6.18 Å². The first kappa shape index (κ1) is 24.9. The van der Waals surface area contributed by atoms with Crippen LogP contribution in [0.2, 0.25) is 10.0 Å². The highest BCUT2D eigenvalue weighted by molar-refractivity contribution is 6.34. The first-order valence-corrected chi connectivity index (χ1v) is 11.1. The standard InChI is InChI=1S/C25H19Cl2F3N2O3/c1-13-19(7-4-8-20(13)31-24(33)14-5-3-6-18(11-14)34-2)22-21(25(28,29)30)23(35-32-22)15-9-16(26)12-17(27)10-15/h3-12,23,32H,1-2H3,(H,31,33). The van der Waals surface area contributed by atoms with E-state index < -0.39 is 23.8 Å². The van der Waals surface area contributed by atoms with Crippen LogP contribution < -0.4 is 15.5 Å². The number of hydrogen-bond donors (Lipinski definition) is 2. The summed E-state index contributed by atoms with van der Waals surface area (Å²) in [6, 6.07) is 15.4. The summed E-state index contributed by atoms with van der Waals surface area (Å²) in [5.41, 5.74) is 2.71. The molecular weight excluding hydrogens is 504 g/mol. The smallest absolute Gasteiger partial charge is 0.417 e. The van der Waals surface area contributed by atoms with Crippen molar-refractivity contribution in [3.05, 3.63) is 98.5 Å². The van der Waals surface area contributed by atoms with Gasteiger partial charge in [0.15, 0.2) is 0 Å². The van der Waals surface area contributed by atoms with Crippen LogP contribution in [0.3, 0.4) is 0 Å². The van der Waals surface area contributed by atoms with Crippen LogP contribution in [0.25, 0.3) is 5.70 Å². The first-order chi connectivity index (χ1) is 16.6. The average molecular weight is 523 g/mol. The predicted molar refractivity (Wildman–Crippen MR) is 129 cm³/mol. The summed E-state index contributed by atoms with van der Waals surface area (Å²) in [6.07, 6.45) is -6.22. The van der Waals surface area contributed by atoms with E-state index in [1.165, 1.54) is 31.4 Å². The molecule has 0 radical (unpaired) electrons. The van der Waals surface area contributed by atoms with Crippen LogP contribution in [0.1, 0.15) is 33.2 Å². The SMILES string of the molecule is COc1cccc(C(=O)Nc2cccc(C3=C(C(F)(F)F)C(c4cc(Cl)cc(Cl)c4)ON3)c2C)c1. The van der Waals surface area contributed by atoms with Crippen molar-refractivity contribution in [2.45, 2.75) is 19.2 Å². The Hall–Kier alpha value is -3.20. The minimum absolute atomic E-state index is 0.150. The molecule has 3 aromatic rings. The molecule has 0 bridgehead atoms. The van der Waals surface area contributed by atoms with Gasteiger partial charge < -0.3 is 10.1 Å². The van der Waals surface area contributed by atoms with Gasteiger partial charge in [-0.05, 0) is 60.5 Å². The molecule has 1 heterocycles. The molecular formula is C25H19Cl2F3N2O3.